The minimum Gasteiger partial charge on any atom is -0.497 e. The van der Waals surface area contributed by atoms with E-state index in [1.54, 1.807) is 7.11 Å². The van der Waals surface area contributed by atoms with Crippen molar-refractivity contribution in [1.82, 2.24) is 10.6 Å². The molecule has 1 aromatic carbocycles. The van der Waals surface area contributed by atoms with Crippen molar-refractivity contribution < 1.29 is 14.6 Å². The molecule has 5 nitrogen and oxygen atoms in total. The normalized spacial score (nSPS) is 21.1. The molecular weight excluding hydrogens is 280 g/mol. The summed E-state index contributed by atoms with van der Waals surface area (Å²) in [5, 5.41) is 15.2. The lowest BCUT2D eigenvalue weighted by Gasteiger charge is -2.11. The highest BCUT2D eigenvalue weighted by atomic mass is 35.5. The Labute approximate surface area is 125 Å². The predicted octanol–water partition coefficient (Wildman–Crippen LogP) is 0.499. The fourth-order valence-electron chi connectivity index (χ4n) is 2.16. The third-order valence-corrected chi connectivity index (χ3v) is 3.30. The Morgan fingerprint density at radius 3 is 2.70 bits per heavy atom. The first kappa shape index (κ1) is 16.8. The van der Waals surface area contributed by atoms with Crippen LogP contribution in [-0.2, 0) is 11.2 Å². The van der Waals surface area contributed by atoms with E-state index in [9.17, 15) is 9.90 Å². The van der Waals surface area contributed by atoms with Crippen molar-refractivity contribution in [3.05, 3.63) is 29.8 Å². The summed E-state index contributed by atoms with van der Waals surface area (Å²) >= 11 is 0. The summed E-state index contributed by atoms with van der Waals surface area (Å²) in [6, 6.07) is 7.54. The van der Waals surface area contributed by atoms with Gasteiger partial charge in [-0.1, -0.05) is 12.1 Å². The lowest BCUT2D eigenvalue weighted by molar-refractivity contribution is -0.122. The number of β-amino-alcohol motifs (C(OH)–C–C–N with tert-alkyl or cyclic N) is 1. The van der Waals surface area contributed by atoms with E-state index in [1.807, 2.05) is 24.3 Å². The molecule has 1 fully saturated rings. The second-order valence-corrected chi connectivity index (χ2v) is 4.74. The van der Waals surface area contributed by atoms with Gasteiger partial charge in [-0.3, -0.25) is 4.79 Å². The number of rotatable bonds is 5. The summed E-state index contributed by atoms with van der Waals surface area (Å²) in [6.07, 6.45) is 0.872. The molecule has 6 heteroatoms. The van der Waals surface area contributed by atoms with E-state index in [2.05, 4.69) is 10.6 Å². The molecule has 1 amide bonds. The quantitative estimate of drug-likeness (QED) is 0.740. The number of amides is 1. The first-order chi connectivity index (χ1) is 9.19. The number of aliphatic hydroxyl groups excluding tert-OH is 1. The molecule has 20 heavy (non-hydrogen) atoms. The van der Waals surface area contributed by atoms with Crippen molar-refractivity contribution in [3.8, 4) is 5.75 Å². The van der Waals surface area contributed by atoms with E-state index in [4.69, 9.17) is 4.74 Å². The number of hydrogen-bond acceptors (Lipinski definition) is 4. The average molecular weight is 301 g/mol. The molecule has 0 saturated carbocycles. The number of carbonyl (C=O) groups excluding carboxylic acids is 1. The van der Waals surface area contributed by atoms with Gasteiger partial charge in [-0.2, -0.15) is 0 Å². The maximum Gasteiger partial charge on any atom is 0.237 e. The number of nitrogens with one attached hydrogen (secondary N) is 2. The highest BCUT2D eigenvalue weighted by molar-refractivity contribution is 5.85. The van der Waals surface area contributed by atoms with Crippen molar-refractivity contribution in [2.75, 3.05) is 20.2 Å². The van der Waals surface area contributed by atoms with Crippen LogP contribution >= 0.6 is 12.4 Å². The third kappa shape index (κ3) is 4.67. The molecule has 1 aliphatic heterocycles. The van der Waals surface area contributed by atoms with E-state index in [-0.39, 0.29) is 24.4 Å². The Bertz CT molecular complexity index is 425. The van der Waals surface area contributed by atoms with Crippen LogP contribution < -0.4 is 15.4 Å². The number of ether oxygens (including phenoxy) is 1. The standard InChI is InChI=1S/C14H20N2O3.ClH/c1-19-12-4-2-10(3-5-12)6-7-15-14(18)13-8-11(17)9-16-13;/h2-5,11,13,16-17H,6-9H2,1H3,(H,15,18);1H. The Balaban J connectivity index is 0.00000200. The lowest BCUT2D eigenvalue weighted by Crippen LogP contribution is -2.41. The first-order valence-electron chi connectivity index (χ1n) is 6.51. The molecule has 3 N–H and O–H groups in total. The second-order valence-electron chi connectivity index (χ2n) is 4.74. The Kier molecular flexibility index (Phi) is 6.78. The number of benzene rings is 1. The molecule has 2 rings (SSSR count). The average Bonchev–Trinajstić information content (AvgIpc) is 2.86. The highest BCUT2D eigenvalue weighted by Gasteiger charge is 2.27. The largest absolute Gasteiger partial charge is 0.497 e. The van der Waals surface area contributed by atoms with E-state index >= 15 is 0 Å². The molecular formula is C14H21ClN2O3. The Morgan fingerprint density at radius 1 is 1.45 bits per heavy atom. The Morgan fingerprint density at radius 2 is 2.15 bits per heavy atom. The fraction of sp³-hybridized carbons (Fsp3) is 0.500. The van der Waals surface area contributed by atoms with Crippen molar-refractivity contribution in [3.63, 3.8) is 0 Å². The van der Waals surface area contributed by atoms with Gasteiger partial charge in [0.2, 0.25) is 5.91 Å². The highest BCUT2D eigenvalue weighted by Crippen LogP contribution is 2.11. The lowest BCUT2D eigenvalue weighted by atomic mass is 10.1. The van der Waals surface area contributed by atoms with Crippen LogP contribution in [0.15, 0.2) is 24.3 Å². The SMILES string of the molecule is COc1ccc(CCNC(=O)C2CC(O)CN2)cc1.Cl. The minimum atomic E-state index is -0.405. The summed E-state index contributed by atoms with van der Waals surface area (Å²) in [7, 11) is 1.64. The molecule has 2 unspecified atom stereocenters. The van der Waals surface area contributed by atoms with Gasteiger partial charge in [-0.25, -0.2) is 0 Å². The minimum absolute atomic E-state index is 0. The smallest absolute Gasteiger partial charge is 0.237 e. The van der Waals surface area contributed by atoms with Gasteiger partial charge in [-0.05, 0) is 30.5 Å². The van der Waals surface area contributed by atoms with Crippen molar-refractivity contribution in [2.45, 2.75) is 25.0 Å². The van der Waals surface area contributed by atoms with Crippen LogP contribution in [0.5, 0.6) is 5.75 Å². The summed E-state index contributed by atoms with van der Waals surface area (Å²) in [5.74, 6) is 0.794. The third-order valence-electron chi connectivity index (χ3n) is 3.30. The summed E-state index contributed by atoms with van der Waals surface area (Å²) in [5.41, 5.74) is 1.15. The van der Waals surface area contributed by atoms with E-state index in [0.717, 1.165) is 17.7 Å². The van der Waals surface area contributed by atoms with Gasteiger partial charge in [0.25, 0.3) is 0 Å². The van der Waals surface area contributed by atoms with Crippen LogP contribution in [0, 0.1) is 0 Å². The topological polar surface area (TPSA) is 70.6 Å². The molecule has 0 radical (unpaired) electrons. The van der Waals surface area contributed by atoms with Gasteiger partial charge in [0, 0.05) is 13.1 Å². The zero-order valence-electron chi connectivity index (χ0n) is 11.5. The molecule has 2 atom stereocenters. The molecule has 0 aliphatic carbocycles. The van der Waals surface area contributed by atoms with Crippen molar-refractivity contribution in [1.29, 1.82) is 0 Å². The second kappa shape index (κ2) is 8.09. The van der Waals surface area contributed by atoms with E-state index in [1.165, 1.54) is 0 Å². The van der Waals surface area contributed by atoms with Crippen LogP contribution in [0.2, 0.25) is 0 Å². The summed E-state index contributed by atoms with van der Waals surface area (Å²) < 4.78 is 5.09. The molecule has 1 aromatic rings. The van der Waals surface area contributed by atoms with E-state index < -0.39 is 6.10 Å². The number of hydrogen-bond donors (Lipinski definition) is 3. The zero-order valence-corrected chi connectivity index (χ0v) is 12.3. The van der Waals surface area contributed by atoms with Crippen LogP contribution in [0.4, 0.5) is 0 Å². The molecule has 0 aromatic heterocycles. The molecule has 0 bridgehead atoms. The fourth-order valence-corrected chi connectivity index (χ4v) is 2.16. The van der Waals surface area contributed by atoms with Gasteiger partial charge < -0.3 is 20.5 Å². The first-order valence-corrected chi connectivity index (χ1v) is 6.51. The maximum absolute atomic E-state index is 11.8. The molecule has 1 aliphatic rings. The molecule has 0 spiro atoms. The zero-order chi connectivity index (χ0) is 13.7. The molecule has 1 heterocycles. The van der Waals surface area contributed by atoms with Gasteiger partial charge in [-0.15, -0.1) is 12.4 Å². The van der Waals surface area contributed by atoms with Crippen molar-refractivity contribution >= 4 is 18.3 Å². The van der Waals surface area contributed by atoms with Crippen LogP contribution in [0.3, 0.4) is 0 Å². The number of aliphatic hydroxyl groups is 1. The monoisotopic (exact) mass is 300 g/mol. The van der Waals surface area contributed by atoms with Crippen LogP contribution in [-0.4, -0.2) is 43.4 Å². The Hall–Kier alpha value is -1.30. The van der Waals surface area contributed by atoms with Gasteiger partial charge in [0.05, 0.1) is 19.3 Å². The maximum atomic E-state index is 11.8. The number of halogens is 1. The van der Waals surface area contributed by atoms with Gasteiger partial charge in [0.1, 0.15) is 5.75 Å². The van der Waals surface area contributed by atoms with Gasteiger partial charge >= 0.3 is 0 Å². The molecule has 1 saturated heterocycles. The van der Waals surface area contributed by atoms with Crippen molar-refractivity contribution in [2.24, 2.45) is 0 Å². The van der Waals surface area contributed by atoms with Crippen LogP contribution in [0.25, 0.3) is 0 Å². The number of methoxy groups -OCH3 is 1. The summed E-state index contributed by atoms with van der Waals surface area (Å²) in [6.45, 7) is 1.09. The molecule has 112 valence electrons. The summed E-state index contributed by atoms with van der Waals surface area (Å²) in [4.78, 5) is 11.8. The van der Waals surface area contributed by atoms with Gasteiger partial charge in [0.15, 0.2) is 0 Å². The predicted molar refractivity (Wildman–Crippen MR) is 79.4 cm³/mol. The number of carbonyl (C=O) groups is 1. The van der Waals surface area contributed by atoms with Crippen LogP contribution in [0.1, 0.15) is 12.0 Å². The van der Waals surface area contributed by atoms with E-state index in [0.29, 0.717) is 19.5 Å².